The number of carbonyl (C=O) groups excluding carboxylic acids is 1. The van der Waals surface area contributed by atoms with E-state index < -0.39 is 0 Å². The highest BCUT2D eigenvalue weighted by Crippen LogP contribution is 2.27. The van der Waals surface area contributed by atoms with Gasteiger partial charge in [-0.05, 0) is 38.0 Å². The molecule has 0 radical (unpaired) electrons. The highest BCUT2D eigenvalue weighted by atomic mass is 19.1. The van der Waals surface area contributed by atoms with Gasteiger partial charge < -0.3 is 4.90 Å². The summed E-state index contributed by atoms with van der Waals surface area (Å²) in [6, 6.07) is 5.94. The molecule has 2 heterocycles. The van der Waals surface area contributed by atoms with Gasteiger partial charge in [0.05, 0.1) is 24.5 Å². The molecule has 0 spiro atoms. The van der Waals surface area contributed by atoms with Gasteiger partial charge in [0.25, 0.3) is 0 Å². The van der Waals surface area contributed by atoms with Gasteiger partial charge in [-0.3, -0.25) is 4.90 Å². The second-order valence-electron chi connectivity index (χ2n) is 6.26. The molecule has 0 atom stereocenters. The average Bonchev–Trinajstić information content (AvgIpc) is 2.77. The monoisotopic (exact) mass is 324 g/mol. The lowest BCUT2D eigenvalue weighted by Gasteiger charge is -2.24. The van der Waals surface area contributed by atoms with Crippen molar-refractivity contribution in [2.75, 3.05) is 18.5 Å². The van der Waals surface area contributed by atoms with E-state index in [1.807, 2.05) is 13.8 Å². The van der Waals surface area contributed by atoms with Crippen molar-refractivity contribution >= 4 is 11.8 Å². The summed E-state index contributed by atoms with van der Waals surface area (Å²) < 4.78 is 13.1. The summed E-state index contributed by atoms with van der Waals surface area (Å²) >= 11 is 0. The van der Waals surface area contributed by atoms with E-state index in [0.29, 0.717) is 23.6 Å². The lowest BCUT2D eigenvalue weighted by atomic mass is 10.1. The Bertz CT molecular complexity index is 836. The molecule has 1 fully saturated rings. The normalized spacial score (nSPS) is 16.1. The van der Waals surface area contributed by atoms with E-state index in [9.17, 15) is 9.18 Å². The third-order valence-corrected chi connectivity index (χ3v) is 4.05. The van der Waals surface area contributed by atoms with E-state index >= 15 is 0 Å². The summed E-state index contributed by atoms with van der Waals surface area (Å²) in [4.78, 5) is 24.1. The van der Waals surface area contributed by atoms with Gasteiger partial charge in [0.2, 0.25) is 0 Å². The van der Waals surface area contributed by atoms with Gasteiger partial charge >= 0.3 is 6.03 Å². The van der Waals surface area contributed by atoms with Crippen molar-refractivity contribution in [3.63, 3.8) is 0 Å². The summed E-state index contributed by atoms with van der Waals surface area (Å²) in [6.07, 6.45) is 3.04. The Kier molecular flexibility index (Phi) is 3.94. The van der Waals surface area contributed by atoms with E-state index in [1.54, 1.807) is 29.0 Å². The summed E-state index contributed by atoms with van der Waals surface area (Å²) in [5, 5.41) is 0. The number of amides is 2. The minimum atomic E-state index is -0.331. The second-order valence-corrected chi connectivity index (χ2v) is 6.26. The topological polar surface area (TPSA) is 49.3 Å². The molecule has 6 heteroatoms. The first kappa shape index (κ1) is 15.9. The van der Waals surface area contributed by atoms with Crippen molar-refractivity contribution in [3.8, 4) is 11.8 Å². The number of benzene rings is 1. The van der Waals surface area contributed by atoms with Crippen LogP contribution in [-0.2, 0) is 0 Å². The Morgan fingerprint density at radius 1 is 1.21 bits per heavy atom. The van der Waals surface area contributed by atoms with Gasteiger partial charge in [0.15, 0.2) is 5.82 Å². The number of halogens is 1. The summed E-state index contributed by atoms with van der Waals surface area (Å²) in [6.45, 7) is 4.54. The lowest BCUT2D eigenvalue weighted by Crippen LogP contribution is -2.38. The molecule has 1 aromatic carbocycles. The molecule has 3 rings (SSSR count). The maximum absolute atomic E-state index is 13.1. The van der Waals surface area contributed by atoms with Crippen molar-refractivity contribution in [3.05, 3.63) is 53.7 Å². The summed E-state index contributed by atoms with van der Waals surface area (Å²) in [5.41, 5.74) is 0.774. The number of likely N-dealkylation sites (N-methyl/N-ethyl adjacent to an activating group) is 1. The van der Waals surface area contributed by atoms with Gasteiger partial charge in [-0.2, -0.15) is 0 Å². The molecule has 0 unspecified atom stereocenters. The Morgan fingerprint density at radius 3 is 2.58 bits per heavy atom. The molecule has 2 aromatic rings. The molecule has 1 saturated heterocycles. The summed E-state index contributed by atoms with van der Waals surface area (Å²) in [7, 11) is 1.77. The molecule has 0 saturated carbocycles. The van der Waals surface area contributed by atoms with Gasteiger partial charge in [-0.1, -0.05) is 12.0 Å². The van der Waals surface area contributed by atoms with Crippen LogP contribution in [-0.4, -0.2) is 40.0 Å². The minimum Gasteiger partial charge on any atom is -0.320 e. The van der Waals surface area contributed by atoms with Crippen molar-refractivity contribution in [1.82, 2.24) is 14.9 Å². The average molecular weight is 324 g/mol. The first-order valence-electron chi connectivity index (χ1n) is 7.52. The van der Waals surface area contributed by atoms with Crippen LogP contribution in [0.3, 0.4) is 0 Å². The zero-order chi connectivity index (χ0) is 17.3. The first-order valence-corrected chi connectivity index (χ1v) is 7.52. The number of rotatable bonds is 1. The number of urea groups is 1. The highest BCUT2D eigenvalue weighted by molar-refractivity contribution is 5.94. The van der Waals surface area contributed by atoms with Gasteiger partial charge in [0, 0.05) is 12.6 Å². The molecule has 0 bridgehead atoms. The maximum Gasteiger partial charge on any atom is 0.326 e. The molecule has 1 aromatic heterocycles. The fraction of sp³-hybridized carbons (Fsp3) is 0.278. The van der Waals surface area contributed by atoms with Crippen LogP contribution in [0.5, 0.6) is 0 Å². The van der Waals surface area contributed by atoms with Crippen LogP contribution in [0.1, 0.15) is 25.1 Å². The summed E-state index contributed by atoms with van der Waals surface area (Å²) in [5.74, 6) is 5.84. The fourth-order valence-electron chi connectivity index (χ4n) is 2.41. The van der Waals surface area contributed by atoms with Crippen molar-refractivity contribution in [1.29, 1.82) is 0 Å². The Balaban J connectivity index is 1.79. The number of hydrogen-bond acceptors (Lipinski definition) is 3. The van der Waals surface area contributed by atoms with Crippen LogP contribution in [0.2, 0.25) is 0 Å². The molecule has 5 nitrogen and oxygen atoms in total. The zero-order valence-corrected chi connectivity index (χ0v) is 13.7. The number of aromatic nitrogens is 2. The molecule has 0 N–H and O–H groups in total. The lowest BCUT2D eigenvalue weighted by molar-refractivity contribution is 0.198. The van der Waals surface area contributed by atoms with Crippen molar-refractivity contribution < 1.29 is 9.18 Å². The van der Waals surface area contributed by atoms with Gasteiger partial charge in [-0.25, -0.2) is 19.2 Å². The molecule has 24 heavy (non-hydrogen) atoms. The second kappa shape index (κ2) is 5.93. The molecule has 122 valence electrons. The SMILES string of the molecule is CN1C(=O)N(c2cnc(C#Cc3cccc(F)c3)cn2)CC1(C)C. The predicted molar refractivity (Wildman–Crippen MR) is 89.0 cm³/mol. The van der Waals surface area contributed by atoms with Crippen LogP contribution in [0.25, 0.3) is 0 Å². The molecule has 0 aliphatic carbocycles. The third kappa shape index (κ3) is 3.06. The van der Waals surface area contributed by atoms with E-state index in [1.165, 1.54) is 24.5 Å². The standard InChI is InChI=1S/C18H17FN4O/c1-18(2)12-23(17(24)22(18)3)16-11-20-15(10-21-16)8-7-13-5-4-6-14(19)9-13/h4-6,9-11H,12H2,1-3H3. The van der Waals surface area contributed by atoms with E-state index in [4.69, 9.17) is 0 Å². The van der Waals surface area contributed by atoms with Crippen molar-refractivity contribution in [2.45, 2.75) is 19.4 Å². The number of carbonyl (C=O) groups is 1. The van der Waals surface area contributed by atoms with Crippen LogP contribution < -0.4 is 4.90 Å². The zero-order valence-electron chi connectivity index (χ0n) is 13.7. The highest BCUT2D eigenvalue weighted by Gasteiger charge is 2.41. The minimum absolute atomic E-state index is 0.104. The van der Waals surface area contributed by atoms with Crippen LogP contribution >= 0.6 is 0 Å². The molecular weight excluding hydrogens is 307 g/mol. The third-order valence-electron chi connectivity index (χ3n) is 4.05. The maximum atomic E-state index is 13.1. The smallest absolute Gasteiger partial charge is 0.320 e. The molecule has 1 aliphatic rings. The number of anilines is 1. The quantitative estimate of drug-likeness (QED) is 0.758. The van der Waals surface area contributed by atoms with Gasteiger partial charge in [0.1, 0.15) is 11.5 Å². The molecule has 1 aliphatic heterocycles. The largest absolute Gasteiger partial charge is 0.326 e. The molecule has 2 amide bonds. The Labute approximate surface area is 140 Å². The Hall–Kier alpha value is -2.94. The first-order chi connectivity index (χ1) is 11.4. The Morgan fingerprint density at radius 2 is 2.00 bits per heavy atom. The number of nitrogens with zero attached hydrogens (tertiary/aromatic N) is 4. The van der Waals surface area contributed by atoms with Crippen molar-refractivity contribution in [2.24, 2.45) is 0 Å². The van der Waals surface area contributed by atoms with E-state index in [2.05, 4.69) is 21.8 Å². The van der Waals surface area contributed by atoms with Crippen LogP contribution in [0, 0.1) is 17.7 Å². The molecular formula is C18H17FN4O. The fourth-order valence-corrected chi connectivity index (χ4v) is 2.41. The number of hydrogen-bond donors (Lipinski definition) is 0. The van der Waals surface area contributed by atoms with Gasteiger partial charge in [-0.15, -0.1) is 0 Å². The van der Waals surface area contributed by atoms with E-state index in [0.717, 1.165) is 0 Å². The van der Waals surface area contributed by atoms with Crippen LogP contribution in [0.4, 0.5) is 15.0 Å². The van der Waals surface area contributed by atoms with Crippen LogP contribution in [0.15, 0.2) is 36.7 Å². The van der Waals surface area contributed by atoms with E-state index in [-0.39, 0.29) is 17.4 Å². The predicted octanol–water partition coefficient (Wildman–Crippen LogP) is 2.67.